The summed E-state index contributed by atoms with van der Waals surface area (Å²) < 4.78 is 10.6. The molecule has 1 heterocycles. The average molecular weight is 267 g/mol. The van der Waals surface area contributed by atoms with Gasteiger partial charge in [0.2, 0.25) is 0 Å². The van der Waals surface area contributed by atoms with Crippen molar-refractivity contribution < 1.29 is 9.15 Å². The molecule has 20 heavy (non-hydrogen) atoms. The Balaban J connectivity index is 2.29. The number of ether oxygens (including phenoxy) is 1. The zero-order valence-corrected chi connectivity index (χ0v) is 10.9. The summed E-state index contributed by atoms with van der Waals surface area (Å²) in [6.07, 6.45) is 0. The second-order valence-corrected chi connectivity index (χ2v) is 4.45. The van der Waals surface area contributed by atoms with Gasteiger partial charge in [-0.3, -0.25) is 0 Å². The zero-order chi connectivity index (χ0) is 14.1. The molecule has 0 saturated carbocycles. The van der Waals surface area contributed by atoms with E-state index in [0.717, 1.165) is 5.39 Å². The highest BCUT2D eigenvalue weighted by Crippen LogP contribution is 2.31. The third kappa shape index (κ3) is 2.01. The third-order valence-corrected chi connectivity index (χ3v) is 3.16. The molecule has 0 atom stereocenters. The molecule has 3 aromatic rings. The van der Waals surface area contributed by atoms with Crippen LogP contribution in [-0.2, 0) is 0 Å². The maximum Gasteiger partial charge on any atom is 0.344 e. The first-order valence-corrected chi connectivity index (χ1v) is 6.16. The number of para-hydroxylation sites is 1. The minimum absolute atomic E-state index is 0.397. The molecule has 3 rings (SSSR count). The van der Waals surface area contributed by atoms with Gasteiger partial charge in [-0.25, -0.2) is 4.79 Å². The predicted octanol–water partition coefficient (Wildman–Crippen LogP) is 3.05. The fourth-order valence-corrected chi connectivity index (χ4v) is 2.18. The highest BCUT2D eigenvalue weighted by atomic mass is 16.5. The molecule has 0 radical (unpaired) electrons. The molecule has 0 aliphatic heterocycles. The van der Waals surface area contributed by atoms with Gasteiger partial charge in [-0.2, -0.15) is 0 Å². The van der Waals surface area contributed by atoms with Crippen LogP contribution in [0.15, 0.2) is 57.7 Å². The normalized spacial score (nSPS) is 10.7. The van der Waals surface area contributed by atoms with Gasteiger partial charge in [-0.15, -0.1) is 0 Å². The van der Waals surface area contributed by atoms with E-state index in [2.05, 4.69) is 0 Å². The van der Waals surface area contributed by atoms with Crippen LogP contribution in [0.4, 0.5) is 5.69 Å². The quantitative estimate of drug-likeness (QED) is 0.572. The molecule has 1 aromatic heterocycles. The van der Waals surface area contributed by atoms with Crippen molar-refractivity contribution in [2.45, 2.75) is 0 Å². The Bertz CT molecular complexity index is 836. The summed E-state index contributed by atoms with van der Waals surface area (Å²) in [5.41, 5.74) is 7.60. The summed E-state index contributed by atoms with van der Waals surface area (Å²) in [6.45, 7) is 0. The Kier molecular flexibility index (Phi) is 2.91. The van der Waals surface area contributed by atoms with E-state index >= 15 is 0 Å². The molecule has 0 spiro atoms. The highest BCUT2D eigenvalue weighted by Gasteiger charge is 2.12. The molecule has 0 saturated heterocycles. The standard InChI is InChI=1S/C16H13NO3/c1-19-15-9-11(17)6-7-12(15)13-8-10-4-2-3-5-14(10)20-16(13)18/h2-9H,17H2,1H3. The van der Waals surface area contributed by atoms with E-state index in [1.54, 1.807) is 37.4 Å². The number of hydrogen-bond acceptors (Lipinski definition) is 4. The number of benzene rings is 2. The second kappa shape index (κ2) is 4.74. The first kappa shape index (κ1) is 12.3. The van der Waals surface area contributed by atoms with Crippen molar-refractivity contribution in [3.05, 3.63) is 59.0 Å². The third-order valence-electron chi connectivity index (χ3n) is 3.16. The number of methoxy groups -OCH3 is 1. The SMILES string of the molecule is COc1cc(N)ccc1-c1cc2ccccc2oc1=O. The van der Waals surface area contributed by atoms with Gasteiger partial charge in [0, 0.05) is 22.7 Å². The van der Waals surface area contributed by atoms with E-state index in [9.17, 15) is 4.79 Å². The number of nitrogen functional groups attached to an aromatic ring is 1. The van der Waals surface area contributed by atoms with Crippen LogP contribution in [0.5, 0.6) is 5.75 Å². The fraction of sp³-hybridized carbons (Fsp3) is 0.0625. The minimum Gasteiger partial charge on any atom is -0.496 e. The largest absolute Gasteiger partial charge is 0.496 e. The van der Waals surface area contributed by atoms with Crippen molar-refractivity contribution >= 4 is 16.7 Å². The van der Waals surface area contributed by atoms with Gasteiger partial charge in [-0.1, -0.05) is 18.2 Å². The van der Waals surface area contributed by atoms with E-state index in [0.29, 0.717) is 28.1 Å². The van der Waals surface area contributed by atoms with Crippen LogP contribution >= 0.6 is 0 Å². The summed E-state index contributed by atoms with van der Waals surface area (Å²) in [4.78, 5) is 12.1. The van der Waals surface area contributed by atoms with Crippen LogP contribution in [0.3, 0.4) is 0 Å². The monoisotopic (exact) mass is 267 g/mol. The maximum atomic E-state index is 12.1. The molecule has 4 nitrogen and oxygen atoms in total. The van der Waals surface area contributed by atoms with Crippen molar-refractivity contribution in [2.24, 2.45) is 0 Å². The minimum atomic E-state index is -0.397. The second-order valence-electron chi connectivity index (χ2n) is 4.45. The molecule has 2 N–H and O–H groups in total. The van der Waals surface area contributed by atoms with Crippen LogP contribution in [-0.4, -0.2) is 7.11 Å². The number of fused-ring (bicyclic) bond motifs is 1. The van der Waals surface area contributed by atoms with Gasteiger partial charge in [0.1, 0.15) is 11.3 Å². The lowest BCUT2D eigenvalue weighted by Gasteiger charge is -2.09. The van der Waals surface area contributed by atoms with Gasteiger partial charge < -0.3 is 14.9 Å². The number of rotatable bonds is 2. The van der Waals surface area contributed by atoms with Crippen molar-refractivity contribution in [3.8, 4) is 16.9 Å². The van der Waals surface area contributed by atoms with Gasteiger partial charge in [-0.05, 0) is 24.3 Å². The lowest BCUT2D eigenvalue weighted by Crippen LogP contribution is -2.04. The fourth-order valence-electron chi connectivity index (χ4n) is 2.18. The molecule has 0 amide bonds. The molecule has 0 bridgehead atoms. The van der Waals surface area contributed by atoms with E-state index in [1.165, 1.54) is 0 Å². The molecule has 4 heteroatoms. The van der Waals surface area contributed by atoms with Crippen LogP contribution in [0, 0.1) is 0 Å². The molecule has 0 unspecified atom stereocenters. The number of nitrogens with two attached hydrogens (primary N) is 1. The smallest absolute Gasteiger partial charge is 0.344 e. The molecule has 2 aromatic carbocycles. The lowest BCUT2D eigenvalue weighted by molar-refractivity contribution is 0.416. The number of hydrogen-bond donors (Lipinski definition) is 1. The molecule has 100 valence electrons. The van der Waals surface area contributed by atoms with Crippen molar-refractivity contribution in [2.75, 3.05) is 12.8 Å². The van der Waals surface area contributed by atoms with E-state index in [-0.39, 0.29) is 0 Å². The van der Waals surface area contributed by atoms with Crippen LogP contribution in [0.1, 0.15) is 0 Å². The van der Waals surface area contributed by atoms with Crippen molar-refractivity contribution in [3.63, 3.8) is 0 Å². The summed E-state index contributed by atoms with van der Waals surface area (Å²) in [6, 6.07) is 14.4. The summed E-state index contributed by atoms with van der Waals surface area (Å²) in [7, 11) is 1.54. The highest BCUT2D eigenvalue weighted by molar-refractivity contribution is 5.83. The lowest BCUT2D eigenvalue weighted by atomic mass is 10.0. The Morgan fingerprint density at radius 3 is 2.65 bits per heavy atom. The summed E-state index contributed by atoms with van der Waals surface area (Å²) in [5, 5.41) is 0.862. The van der Waals surface area contributed by atoms with Gasteiger partial charge in [0.15, 0.2) is 0 Å². The number of anilines is 1. The Labute approximate surface area is 115 Å². The van der Waals surface area contributed by atoms with Gasteiger partial charge >= 0.3 is 5.63 Å². The van der Waals surface area contributed by atoms with Gasteiger partial charge in [0.05, 0.1) is 12.7 Å². The molecule has 0 aliphatic rings. The maximum absolute atomic E-state index is 12.1. The topological polar surface area (TPSA) is 65.5 Å². The summed E-state index contributed by atoms with van der Waals surface area (Å²) in [5.74, 6) is 0.549. The summed E-state index contributed by atoms with van der Waals surface area (Å²) >= 11 is 0. The first-order chi connectivity index (χ1) is 9.69. The zero-order valence-electron chi connectivity index (χ0n) is 10.9. The van der Waals surface area contributed by atoms with Crippen LogP contribution in [0.25, 0.3) is 22.1 Å². The molecule has 0 fully saturated rings. The predicted molar refractivity (Wildman–Crippen MR) is 78.9 cm³/mol. The molecular formula is C16H13NO3. The van der Waals surface area contributed by atoms with Crippen molar-refractivity contribution in [1.29, 1.82) is 0 Å². The van der Waals surface area contributed by atoms with E-state index in [4.69, 9.17) is 14.9 Å². The average Bonchev–Trinajstić information content (AvgIpc) is 2.46. The van der Waals surface area contributed by atoms with Crippen LogP contribution < -0.4 is 16.1 Å². The van der Waals surface area contributed by atoms with Crippen LogP contribution in [0.2, 0.25) is 0 Å². The van der Waals surface area contributed by atoms with E-state index < -0.39 is 5.63 Å². The first-order valence-electron chi connectivity index (χ1n) is 6.16. The Morgan fingerprint density at radius 1 is 1.05 bits per heavy atom. The van der Waals surface area contributed by atoms with Gasteiger partial charge in [0.25, 0.3) is 0 Å². The van der Waals surface area contributed by atoms with E-state index in [1.807, 2.05) is 18.2 Å². The molecular weight excluding hydrogens is 254 g/mol. The van der Waals surface area contributed by atoms with Crippen molar-refractivity contribution in [1.82, 2.24) is 0 Å². The Morgan fingerprint density at radius 2 is 1.85 bits per heavy atom. The Hall–Kier alpha value is -2.75. The molecule has 0 aliphatic carbocycles.